The molecule has 2 heterocycles. The molecule has 40 heavy (non-hydrogen) atoms. The van der Waals surface area contributed by atoms with Crippen LogP contribution in [0.3, 0.4) is 0 Å². The predicted molar refractivity (Wildman–Crippen MR) is 151 cm³/mol. The number of non-ortho nitro benzene ring substituents is 1. The van der Waals surface area contributed by atoms with Crippen LogP contribution >= 0.6 is 11.3 Å². The summed E-state index contributed by atoms with van der Waals surface area (Å²) < 4.78 is 7.10. The molecule has 10 heteroatoms. The number of carbonyl (C=O) groups is 2. The van der Waals surface area contributed by atoms with E-state index in [1.165, 1.54) is 12.1 Å². The van der Waals surface area contributed by atoms with Crippen LogP contribution in [0.15, 0.2) is 54.1 Å². The summed E-state index contributed by atoms with van der Waals surface area (Å²) in [5.41, 5.74) is 3.90. The Hall–Kier alpha value is -5.06. The molecular formula is C30H24N4O5S. The molecule has 0 saturated carbocycles. The normalized spacial score (nSPS) is 11.2. The van der Waals surface area contributed by atoms with Crippen LogP contribution < -0.4 is 0 Å². The molecule has 4 aromatic rings. The van der Waals surface area contributed by atoms with Crippen molar-refractivity contribution in [1.82, 2.24) is 4.57 Å². The number of thiophene rings is 1. The Morgan fingerprint density at radius 1 is 1.12 bits per heavy atom. The lowest BCUT2D eigenvalue weighted by atomic mass is 10.0. The summed E-state index contributed by atoms with van der Waals surface area (Å²) in [6, 6.07) is 18.0. The topological polar surface area (TPSA) is 139 Å². The number of fused-ring (bicyclic) bond motifs is 1. The van der Waals surface area contributed by atoms with Gasteiger partial charge in [-0.05, 0) is 44.0 Å². The Morgan fingerprint density at radius 2 is 1.82 bits per heavy atom. The number of esters is 1. The minimum absolute atomic E-state index is 0.00787. The van der Waals surface area contributed by atoms with Gasteiger partial charge in [0.2, 0.25) is 0 Å². The van der Waals surface area contributed by atoms with Gasteiger partial charge < -0.3 is 9.30 Å². The van der Waals surface area contributed by atoms with Crippen molar-refractivity contribution in [3.05, 3.63) is 102 Å². The van der Waals surface area contributed by atoms with E-state index in [1.54, 1.807) is 32.1 Å². The molecule has 9 nitrogen and oxygen atoms in total. The number of nitro groups is 1. The molecule has 0 amide bonds. The minimum Gasteiger partial charge on any atom is -0.462 e. The first kappa shape index (κ1) is 28.0. The number of rotatable bonds is 9. The SMILES string of the molecule is CCOC(=O)c1sc(CC(=O)/C(C#N)=C/c2c(C)n(Cc3ccc([N+](=O)[O-])cc3)c3ccccc23)c(C#N)c1C. The Balaban J connectivity index is 1.70. The van der Waals surface area contributed by atoms with Crippen LogP contribution in [0.2, 0.25) is 0 Å². The molecule has 0 radical (unpaired) electrons. The Bertz CT molecular complexity index is 1760. The Morgan fingerprint density at radius 3 is 2.45 bits per heavy atom. The second-order valence-electron chi connectivity index (χ2n) is 8.98. The highest BCUT2D eigenvalue weighted by Gasteiger charge is 2.24. The fourth-order valence-electron chi connectivity index (χ4n) is 4.55. The first-order valence-electron chi connectivity index (χ1n) is 12.4. The first-order chi connectivity index (χ1) is 19.2. The van der Waals surface area contributed by atoms with Gasteiger partial charge in [-0.2, -0.15) is 10.5 Å². The zero-order valence-corrected chi connectivity index (χ0v) is 22.9. The zero-order valence-electron chi connectivity index (χ0n) is 22.1. The summed E-state index contributed by atoms with van der Waals surface area (Å²) in [5.74, 6) is -1.02. The number of hydrogen-bond donors (Lipinski definition) is 0. The fraction of sp³-hybridized carbons (Fsp3) is 0.200. The van der Waals surface area contributed by atoms with Crippen molar-refractivity contribution in [2.75, 3.05) is 6.61 Å². The van der Waals surface area contributed by atoms with Crippen LogP contribution in [-0.4, -0.2) is 27.8 Å². The van der Waals surface area contributed by atoms with Gasteiger partial charge in [0, 0.05) is 52.1 Å². The van der Waals surface area contributed by atoms with E-state index >= 15 is 0 Å². The minimum atomic E-state index is -0.548. The van der Waals surface area contributed by atoms with Gasteiger partial charge in [0.15, 0.2) is 5.78 Å². The number of nitro benzene ring substituents is 1. The van der Waals surface area contributed by atoms with E-state index in [0.29, 0.717) is 22.5 Å². The second-order valence-corrected chi connectivity index (χ2v) is 10.1. The molecule has 4 rings (SSSR count). The van der Waals surface area contributed by atoms with Gasteiger partial charge in [-0.25, -0.2) is 4.79 Å². The van der Waals surface area contributed by atoms with E-state index in [9.17, 15) is 30.2 Å². The third-order valence-electron chi connectivity index (χ3n) is 6.59. The van der Waals surface area contributed by atoms with E-state index in [4.69, 9.17) is 4.74 Å². The third kappa shape index (κ3) is 5.39. The number of benzene rings is 2. The van der Waals surface area contributed by atoms with Crippen LogP contribution in [0.1, 0.15) is 49.4 Å². The number of Topliss-reactive ketones (excluding diaryl/α,β-unsaturated/α-hetero) is 1. The van der Waals surface area contributed by atoms with Gasteiger partial charge in [0.1, 0.15) is 17.0 Å². The summed E-state index contributed by atoms with van der Waals surface area (Å²) in [6.45, 7) is 5.83. The highest BCUT2D eigenvalue weighted by Crippen LogP contribution is 2.32. The summed E-state index contributed by atoms with van der Waals surface area (Å²) in [4.78, 5) is 36.8. The molecule has 0 spiro atoms. The number of carbonyl (C=O) groups excluding carboxylic acids is 2. The molecular weight excluding hydrogens is 528 g/mol. The maximum absolute atomic E-state index is 13.3. The number of allylic oxidation sites excluding steroid dienone is 1. The van der Waals surface area contributed by atoms with E-state index in [2.05, 4.69) is 6.07 Å². The van der Waals surface area contributed by atoms with Crippen molar-refractivity contribution < 1.29 is 19.2 Å². The molecule has 2 aromatic heterocycles. The lowest BCUT2D eigenvalue weighted by Crippen LogP contribution is -2.06. The quantitative estimate of drug-likeness (QED) is 0.0810. The number of nitriles is 2. The number of aromatic nitrogens is 1. The van der Waals surface area contributed by atoms with E-state index in [-0.39, 0.29) is 34.7 Å². The molecule has 0 N–H and O–H groups in total. The van der Waals surface area contributed by atoms with Crippen LogP contribution in [0.4, 0.5) is 5.69 Å². The van der Waals surface area contributed by atoms with E-state index in [0.717, 1.165) is 33.5 Å². The van der Waals surface area contributed by atoms with Gasteiger partial charge in [-0.15, -0.1) is 11.3 Å². The van der Waals surface area contributed by atoms with Gasteiger partial charge in [-0.3, -0.25) is 14.9 Å². The van der Waals surface area contributed by atoms with Gasteiger partial charge >= 0.3 is 5.97 Å². The van der Waals surface area contributed by atoms with Crippen LogP contribution in [0.25, 0.3) is 17.0 Å². The van der Waals surface area contributed by atoms with Crippen molar-refractivity contribution in [3.63, 3.8) is 0 Å². The van der Waals surface area contributed by atoms with Crippen molar-refractivity contribution in [3.8, 4) is 12.1 Å². The first-order valence-corrected chi connectivity index (χ1v) is 13.2. The third-order valence-corrected chi connectivity index (χ3v) is 7.86. The molecule has 0 bridgehead atoms. The van der Waals surface area contributed by atoms with Crippen molar-refractivity contribution >= 4 is 45.8 Å². The molecule has 0 atom stereocenters. The number of nitrogens with zero attached hydrogens (tertiary/aromatic N) is 4. The summed E-state index contributed by atoms with van der Waals surface area (Å²) >= 11 is 1.03. The van der Waals surface area contributed by atoms with Gasteiger partial charge in [-0.1, -0.05) is 30.3 Å². The van der Waals surface area contributed by atoms with Crippen LogP contribution in [-0.2, 0) is 22.5 Å². The molecule has 200 valence electrons. The Labute approximate surface area is 234 Å². The van der Waals surface area contributed by atoms with Crippen LogP contribution in [0, 0.1) is 46.6 Å². The van der Waals surface area contributed by atoms with Gasteiger partial charge in [0.25, 0.3) is 5.69 Å². The number of ketones is 1. The average molecular weight is 553 g/mol. The standard InChI is InChI=1S/C30H24N4O5S/c1-4-39-30(36)29-18(2)25(16-32)28(40-29)14-27(35)21(15-31)13-24-19(3)33(26-8-6-5-7-23(24)26)17-20-9-11-22(12-10-20)34(37)38/h5-13H,4,14,17H2,1-3H3/b21-13+. The second kappa shape index (κ2) is 11.8. The Kier molecular flexibility index (Phi) is 8.23. The molecule has 0 saturated heterocycles. The largest absolute Gasteiger partial charge is 0.462 e. The van der Waals surface area contributed by atoms with Crippen molar-refractivity contribution in [1.29, 1.82) is 10.5 Å². The average Bonchev–Trinajstić information content (AvgIpc) is 3.40. The monoisotopic (exact) mass is 552 g/mol. The summed E-state index contributed by atoms with van der Waals surface area (Å²) in [5, 5.41) is 31.4. The molecule has 0 unspecified atom stereocenters. The molecule has 0 aliphatic carbocycles. The van der Waals surface area contributed by atoms with E-state index < -0.39 is 16.7 Å². The fourth-order valence-corrected chi connectivity index (χ4v) is 5.69. The van der Waals surface area contributed by atoms with Crippen LogP contribution in [0.5, 0.6) is 0 Å². The number of para-hydroxylation sites is 1. The summed E-state index contributed by atoms with van der Waals surface area (Å²) in [7, 11) is 0. The zero-order chi connectivity index (χ0) is 29.0. The van der Waals surface area contributed by atoms with E-state index in [1.807, 2.05) is 41.8 Å². The maximum Gasteiger partial charge on any atom is 0.348 e. The molecule has 0 fully saturated rings. The van der Waals surface area contributed by atoms with Crippen molar-refractivity contribution in [2.24, 2.45) is 0 Å². The number of hydrogen-bond acceptors (Lipinski definition) is 8. The molecule has 0 aliphatic rings. The highest BCUT2D eigenvalue weighted by atomic mass is 32.1. The predicted octanol–water partition coefficient (Wildman–Crippen LogP) is 6.04. The van der Waals surface area contributed by atoms with Gasteiger partial charge in [0.05, 0.1) is 22.7 Å². The molecule has 0 aliphatic heterocycles. The number of ether oxygens (including phenoxy) is 1. The smallest absolute Gasteiger partial charge is 0.348 e. The highest BCUT2D eigenvalue weighted by molar-refractivity contribution is 7.14. The summed E-state index contributed by atoms with van der Waals surface area (Å²) in [6.07, 6.45) is 1.36. The van der Waals surface area contributed by atoms with Crippen molar-refractivity contribution in [2.45, 2.75) is 33.7 Å². The molecule has 2 aromatic carbocycles. The maximum atomic E-state index is 13.3. The lowest BCUT2D eigenvalue weighted by molar-refractivity contribution is -0.384. The lowest BCUT2D eigenvalue weighted by Gasteiger charge is -2.09.